The zero-order valence-corrected chi connectivity index (χ0v) is 22.4. The molecule has 2 unspecified atom stereocenters. The van der Waals surface area contributed by atoms with Crippen LogP contribution < -0.4 is 10.6 Å². The van der Waals surface area contributed by atoms with Crippen molar-refractivity contribution in [2.45, 2.75) is 24.9 Å². The lowest BCUT2D eigenvalue weighted by atomic mass is 9.94. The van der Waals surface area contributed by atoms with Crippen molar-refractivity contribution < 1.29 is 35.1 Å². The number of para-hydroxylation sites is 2. The summed E-state index contributed by atoms with van der Waals surface area (Å²) in [5.41, 5.74) is 0.176. The van der Waals surface area contributed by atoms with E-state index in [1.807, 2.05) is 30.3 Å². The highest BCUT2D eigenvalue weighted by Crippen LogP contribution is 2.36. The Morgan fingerprint density at radius 3 is 1.54 bits per heavy atom. The van der Waals surface area contributed by atoms with E-state index in [9.17, 15) is 19.8 Å². The van der Waals surface area contributed by atoms with Crippen LogP contribution in [0.25, 0.3) is 22.9 Å². The molecule has 2 atom stereocenters. The molecule has 0 amide bonds. The zero-order valence-electron chi connectivity index (χ0n) is 22.4. The van der Waals surface area contributed by atoms with Crippen LogP contribution in [0.2, 0.25) is 0 Å². The Balaban J connectivity index is 0.000000144. The number of anilines is 2. The molecule has 4 aromatic carbocycles. The lowest BCUT2D eigenvalue weighted by molar-refractivity contribution is -0.140. The second-order valence-corrected chi connectivity index (χ2v) is 9.95. The van der Waals surface area contributed by atoms with Gasteiger partial charge in [0, 0.05) is 11.1 Å². The first-order chi connectivity index (χ1) is 19.4. The summed E-state index contributed by atoms with van der Waals surface area (Å²) in [6.45, 7) is 3.09. The van der Waals surface area contributed by atoms with E-state index in [4.69, 9.17) is 15.3 Å². The van der Waals surface area contributed by atoms with E-state index in [0.29, 0.717) is 17.1 Å². The third kappa shape index (κ3) is 6.25. The van der Waals surface area contributed by atoms with Crippen LogP contribution in [-0.2, 0) is 9.59 Å². The van der Waals surface area contributed by atoms with Gasteiger partial charge in [-0.2, -0.15) is 0 Å². The Morgan fingerprint density at radius 1 is 0.610 bits per heavy atom. The van der Waals surface area contributed by atoms with Gasteiger partial charge in [-0.3, -0.25) is 0 Å². The fourth-order valence-corrected chi connectivity index (χ4v) is 4.21. The molecule has 2 aliphatic rings. The summed E-state index contributed by atoms with van der Waals surface area (Å²) >= 11 is 0. The molecule has 7 N–H and O–H groups in total. The van der Waals surface area contributed by atoms with Gasteiger partial charge >= 0.3 is 11.9 Å². The molecule has 0 bridgehead atoms. The molecule has 2 heterocycles. The van der Waals surface area contributed by atoms with E-state index in [0.717, 1.165) is 21.9 Å². The molecule has 4 aromatic rings. The van der Waals surface area contributed by atoms with Crippen molar-refractivity contribution >= 4 is 46.2 Å². The van der Waals surface area contributed by atoms with Crippen molar-refractivity contribution in [1.29, 1.82) is 0 Å². The Kier molecular flexibility index (Phi) is 7.91. The van der Waals surface area contributed by atoms with E-state index < -0.39 is 23.0 Å². The normalized spacial score (nSPS) is 19.6. The van der Waals surface area contributed by atoms with Crippen LogP contribution in [0.5, 0.6) is 17.2 Å². The van der Waals surface area contributed by atoms with Crippen molar-refractivity contribution in [2.24, 2.45) is 0 Å². The topological polar surface area (TPSA) is 159 Å². The molecule has 9 heteroatoms. The smallest absolute Gasteiger partial charge is 0.333 e. The number of phenolic OH excluding ortho intramolecular Hbond substituents is 3. The second-order valence-electron chi connectivity index (χ2n) is 9.95. The van der Waals surface area contributed by atoms with Crippen molar-refractivity contribution in [3.05, 3.63) is 102 Å². The number of aromatic hydroxyl groups is 3. The molecule has 6 rings (SSSR count). The summed E-state index contributed by atoms with van der Waals surface area (Å²) in [5, 5.41) is 54.2. The largest absolute Gasteiger partial charge is 0.508 e. The molecule has 0 fully saturated rings. The summed E-state index contributed by atoms with van der Waals surface area (Å²) in [6.07, 6.45) is 6.52. The average molecular weight is 555 g/mol. The Hall–Kier alpha value is -5.44. The predicted molar refractivity (Wildman–Crippen MR) is 159 cm³/mol. The maximum atomic E-state index is 11.0. The van der Waals surface area contributed by atoms with Crippen molar-refractivity contribution in [3.63, 3.8) is 0 Å². The third-order valence-electron chi connectivity index (χ3n) is 6.73. The van der Waals surface area contributed by atoms with Gasteiger partial charge in [-0.25, -0.2) is 9.59 Å². The number of hydrogen-bond acceptors (Lipinski definition) is 7. The summed E-state index contributed by atoms with van der Waals surface area (Å²) in [5.74, 6) is -1.52. The van der Waals surface area contributed by atoms with Crippen LogP contribution in [0.4, 0.5) is 11.4 Å². The monoisotopic (exact) mass is 554 g/mol. The van der Waals surface area contributed by atoms with E-state index >= 15 is 0 Å². The molecule has 0 saturated heterocycles. The maximum absolute atomic E-state index is 11.0. The van der Waals surface area contributed by atoms with Gasteiger partial charge < -0.3 is 36.2 Å². The number of hydrogen-bond donors (Lipinski definition) is 7. The van der Waals surface area contributed by atoms with Crippen LogP contribution >= 0.6 is 0 Å². The first-order valence-corrected chi connectivity index (χ1v) is 12.7. The fraction of sp³-hybridized carbons (Fsp3) is 0.125. The predicted octanol–water partition coefficient (Wildman–Crippen LogP) is 5.89. The minimum Gasteiger partial charge on any atom is -0.508 e. The van der Waals surface area contributed by atoms with Gasteiger partial charge in [0.15, 0.2) is 11.1 Å². The molecule has 210 valence electrons. The molecule has 0 radical (unpaired) electrons. The van der Waals surface area contributed by atoms with Gasteiger partial charge in [-0.15, -0.1) is 0 Å². The first kappa shape index (κ1) is 28.6. The number of rotatable bonds is 2. The first-order valence-electron chi connectivity index (χ1n) is 12.7. The molecule has 9 nitrogen and oxygen atoms in total. The Morgan fingerprint density at radius 2 is 1.07 bits per heavy atom. The molecule has 2 aliphatic heterocycles. The number of fused-ring (bicyclic) bond motifs is 3. The quantitative estimate of drug-likeness (QED) is 0.150. The van der Waals surface area contributed by atoms with Crippen molar-refractivity contribution in [3.8, 4) is 17.2 Å². The number of nitrogens with one attached hydrogen (secondary N) is 2. The van der Waals surface area contributed by atoms with Crippen LogP contribution in [-0.4, -0.2) is 48.5 Å². The molecule has 0 saturated carbocycles. The second kappa shape index (κ2) is 11.4. The van der Waals surface area contributed by atoms with E-state index in [-0.39, 0.29) is 11.5 Å². The van der Waals surface area contributed by atoms with Gasteiger partial charge in [-0.05, 0) is 61.0 Å². The van der Waals surface area contributed by atoms with Crippen LogP contribution in [0, 0.1) is 0 Å². The minimum absolute atomic E-state index is 0.0596. The minimum atomic E-state index is -1.16. The Bertz CT molecular complexity index is 1590. The lowest BCUT2D eigenvalue weighted by Gasteiger charge is -2.28. The molecule has 0 aliphatic carbocycles. The van der Waals surface area contributed by atoms with Crippen LogP contribution in [0.15, 0.2) is 91.0 Å². The summed E-state index contributed by atoms with van der Waals surface area (Å²) in [7, 11) is 0. The highest BCUT2D eigenvalue weighted by molar-refractivity contribution is 5.92. The third-order valence-corrected chi connectivity index (χ3v) is 6.73. The SMILES string of the molecule is CC1(C(=O)O)C=Cc2cccc(O)c2N1.CC1(C(=O)O)C=Cc2cccc(O)c2N1.Oc1ccc2ccccc2c1. The van der Waals surface area contributed by atoms with Crippen LogP contribution in [0.3, 0.4) is 0 Å². The molecular formula is C32H30N2O7. The Labute approximate surface area is 236 Å². The number of benzene rings is 4. The zero-order chi connectivity index (χ0) is 29.8. The van der Waals surface area contributed by atoms with E-state index in [1.54, 1.807) is 74.5 Å². The number of carboxylic acid groups (broad SMARTS) is 2. The number of carbonyl (C=O) groups is 2. The summed E-state index contributed by atoms with van der Waals surface area (Å²) in [4.78, 5) is 22.0. The maximum Gasteiger partial charge on any atom is 0.333 e. The van der Waals surface area contributed by atoms with Gasteiger partial charge in [-0.1, -0.05) is 66.7 Å². The molecule has 41 heavy (non-hydrogen) atoms. The number of carboxylic acids is 2. The van der Waals surface area contributed by atoms with Gasteiger partial charge in [0.2, 0.25) is 0 Å². The van der Waals surface area contributed by atoms with E-state index in [2.05, 4.69) is 10.6 Å². The van der Waals surface area contributed by atoms with Crippen LogP contribution in [0.1, 0.15) is 25.0 Å². The number of phenols is 3. The van der Waals surface area contributed by atoms with Gasteiger partial charge in [0.25, 0.3) is 0 Å². The molecule has 0 aromatic heterocycles. The lowest BCUT2D eigenvalue weighted by Crippen LogP contribution is -2.42. The fourth-order valence-electron chi connectivity index (χ4n) is 4.21. The number of aliphatic carboxylic acids is 2. The van der Waals surface area contributed by atoms with Crippen molar-refractivity contribution in [1.82, 2.24) is 0 Å². The van der Waals surface area contributed by atoms with E-state index in [1.165, 1.54) is 12.1 Å². The highest BCUT2D eigenvalue weighted by Gasteiger charge is 2.34. The summed E-state index contributed by atoms with van der Waals surface area (Å²) in [6, 6.07) is 23.4. The highest BCUT2D eigenvalue weighted by atomic mass is 16.4. The van der Waals surface area contributed by atoms with Gasteiger partial charge in [0.1, 0.15) is 17.2 Å². The van der Waals surface area contributed by atoms with Gasteiger partial charge in [0.05, 0.1) is 11.4 Å². The molecular weight excluding hydrogens is 524 g/mol. The summed E-state index contributed by atoms with van der Waals surface area (Å²) < 4.78 is 0. The standard InChI is InChI=1S/2C11H11NO3.C10H8O/c2*1-11(10(14)15)6-5-7-3-2-4-8(13)9(7)12-11;11-10-6-5-8-3-1-2-4-9(8)7-10/h2*2-6,12-13H,1H3,(H,14,15);1-7,11H. The van der Waals surface area contributed by atoms with Crippen molar-refractivity contribution in [2.75, 3.05) is 10.6 Å². The molecule has 0 spiro atoms. The average Bonchev–Trinajstić information content (AvgIpc) is 2.95.